The van der Waals surface area contributed by atoms with Crippen LogP contribution in [0.5, 0.6) is 0 Å². The summed E-state index contributed by atoms with van der Waals surface area (Å²) in [6, 6.07) is 0. The molecule has 1 aliphatic heterocycles. The van der Waals surface area contributed by atoms with Crippen LogP contribution in [0.25, 0.3) is 11.2 Å². The molecule has 2 aromatic rings. The van der Waals surface area contributed by atoms with Crippen molar-refractivity contribution in [2.75, 3.05) is 18.0 Å². The Kier molecular flexibility index (Phi) is 2.77. The van der Waals surface area contributed by atoms with Crippen molar-refractivity contribution in [3.05, 3.63) is 16.8 Å². The van der Waals surface area contributed by atoms with Gasteiger partial charge in [0.2, 0.25) is 0 Å². The number of rotatable bonds is 1. The molecular formula is C12H17N5O. The predicted octanol–water partition coefficient (Wildman–Crippen LogP) is 1.04. The Hall–Kier alpha value is -1.85. The highest BCUT2D eigenvalue weighted by Crippen LogP contribution is 2.22. The van der Waals surface area contributed by atoms with Crippen molar-refractivity contribution in [3.63, 3.8) is 0 Å². The molecular weight excluding hydrogens is 230 g/mol. The molecule has 0 aromatic carbocycles. The fraction of sp³-hybridized carbons (Fsp3) is 0.583. The number of aromatic nitrogens is 4. The number of nitrogens with one attached hydrogen (secondary N) is 1. The van der Waals surface area contributed by atoms with E-state index in [0.29, 0.717) is 5.65 Å². The second kappa shape index (κ2) is 4.44. The topological polar surface area (TPSA) is 66.8 Å². The van der Waals surface area contributed by atoms with Gasteiger partial charge < -0.3 is 9.88 Å². The van der Waals surface area contributed by atoms with Crippen molar-refractivity contribution in [3.8, 4) is 0 Å². The Morgan fingerprint density at radius 1 is 1.17 bits per heavy atom. The van der Waals surface area contributed by atoms with E-state index >= 15 is 0 Å². The van der Waals surface area contributed by atoms with E-state index in [1.807, 2.05) is 0 Å². The number of aromatic amines is 1. The Labute approximate surface area is 105 Å². The van der Waals surface area contributed by atoms with Gasteiger partial charge in [0.1, 0.15) is 11.8 Å². The van der Waals surface area contributed by atoms with E-state index in [1.165, 1.54) is 36.6 Å². The van der Waals surface area contributed by atoms with Gasteiger partial charge in [-0.1, -0.05) is 12.8 Å². The van der Waals surface area contributed by atoms with Gasteiger partial charge in [-0.15, -0.1) is 0 Å². The molecule has 0 radical (unpaired) electrons. The van der Waals surface area contributed by atoms with Crippen LogP contribution in [-0.4, -0.2) is 32.6 Å². The third kappa shape index (κ3) is 1.77. The molecule has 0 unspecified atom stereocenters. The van der Waals surface area contributed by atoms with E-state index in [2.05, 4.69) is 19.9 Å². The van der Waals surface area contributed by atoms with Crippen molar-refractivity contribution < 1.29 is 0 Å². The lowest BCUT2D eigenvalue weighted by Crippen LogP contribution is -2.25. The van der Waals surface area contributed by atoms with Gasteiger partial charge in [0.05, 0.1) is 0 Å². The summed E-state index contributed by atoms with van der Waals surface area (Å²) in [6.45, 7) is 2.01. The number of aryl methyl sites for hydroxylation is 1. The van der Waals surface area contributed by atoms with Crippen LogP contribution in [0.15, 0.2) is 11.1 Å². The summed E-state index contributed by atoms with van der Waals surface area (Å²) in [5.74, 6) is 0.861. The third-order valence-electron chi connectivity index (χ3n) is 3.57. The maximum Gasteiger partial charge on any atom is 0.327 e. The molecule has 6 heteroatoms. The van der Waals surface area contributed by atoms with E-state index in [0.717, 1.165) is 24.4 Å². The maximum atomic E-state index is 11.7. The van der Waals surface area contributed by atoms with E-state index in [4.69, 9.17) is 0 Å². The van der Waals surface area contributed by atoms with E-state index in [1.54, 1.807) is 7.05 Å². The molecule has 0 amide bonds. The maximum absolute atomic E-state index is 11.7. The van der Waals surface area contributed by atoms with Gasteiger partial charge in [-0.25, -0.2) is 14.8 Å². The van der Waals surface area contributed by atoms with E-state index in [9.17, 15) is 4.79 Å². The number of anilines is 1. The average molecular weight is 247 g/mol. The summed E-state index contributed by atoms with van der Waals surface area (Å²) in [7, 11) is 1.72. The Balaban J connectivity index is 2.10. The lowest BCUT2D eigenvalue weighted by Gasteiger charge is -2.21. The van der Waals surface area contributed by atoms with Crippen LogP contribution in [-0.2, 0) is 7.05 Å². The van der Waals surface area contributed by atoms with Crippen LogP contribution in [0.4, 0.5) is 5.82 Å². The Bertz CT molecular complexity index is 606. The molecule has 0 bridgehead atoms. The van der Waals surface area contributed by atoms with Gasteiger partial charge in [0, 0.05) is 20.1 Å². The van der Waals surface area contributed by atoms with Crippen LogP contribution < -0.4 is 10.6 Å². The molecule has 2 aromatic heterocycles. The molecule has 1 N–H and O–H groups in total. The highest BCUT2D eigenvalue weighted by Gasteiger charge is 2.17. The number of nitrogens with zero attached hydrogens (tertiary/aromatic N) is 4. The molecule has 1 saturated heterocycles. The van der Waals surface area contributed by atoms with Gasteiger partial charge in [0.15, 0.2) is 11.5 Å². The van der Waals surface area contributed by atoms with Crippen molar-refractivity contribution in [1.29, 1.82) is 0 Å². The molecule has 18 heavy (non-hydrogen) atoms. The van der Waals surface area contributed by atoms with Gasteiger partial charge in [-0.05, 0) is 12.8 Å². The number of hydrogen-bond acceptors (Lipinski definition) is 4. The number of imidazole rings is 1. The highest BCUT2D eigenvalue weighted by molar-refractivity contribution is 5.83. The minimum atomic E-state index is -0.137. The summed E-state index contributed by atoms with van der Waals surface area (Å²) in [5.41, 5.74) is 1.29. The Morgan fingerprint density at radius 3 is 2.61 bits per heavy atom. The van der Waals surface area contributed by atoms with Gasteiger partial charge in [-0.2, -0.15) is 0 Å². The first-order valence-electron chi connectivity index (χ1n) is 6.42. The number of hydrogen-bond donors (Lipinski definition) is 1. The summed E-state index contributed by atoms with van der Waals surface area (Å²) in [6.07, 6.45) is 6.45. The third-order valence-corrected chi connectivity index (χ3v) is 3.57. The van der Waals surface area contributed by atoms with Crippen molar-refractivity contribution in [2.24, 2.45) is 7.05 Å². The quantitative estimate of drug-likeness (QED) is 0.817. The lowest BCUT2D eigenvalue weighted by molar-refractivity contribution is 0.726. The zero-order chi connectivity index (χ0) is 12.5. The largest absolute Gasteiger partial charge is 0.355 e. The zero-order valence-corrected chi connectivity index (χ0v) is 10.5. The first-order chi connectivity index (χ1) is 8.77. The fourth-order valence-electron chi connectivity index (χ4n) is 2.54. The molecule has 0 spiro atoms. The second-order valence-electron chi connectivity index (χ2n) is 4.79. The minimum absolute atomic E-state index is 0.137. The summed E-state index contributed by atoms with van der Waals surface area (Å²) in [5, 5.41) is 0. The van der Waals surface area contributed by atoms with E-state index < -0.39 is 0 Å². The standard InChI is InChI=1S/C12H17N5O/c1-16-10-9(15-12(16)18)11(14-8-13-10)17-6-4-2-3-5-7-17/h8H,2-7H2,1H3,(H,15,18). The fourth-order valence-corrected chi connectivity index (χ4v) is 2.54. The summed E-state index contributed by atoms with van der Waals surface area (Å²) >= 11 is 0. The molecule has 1 aliphatic rings. The lowest BCUT2D eigenvalue weighted by atomic mass is 10.2. The molecule has 0 aliphatic carbocycles. The van der Waals surface area contributed by atoms with Gasteiger partial charge in [0.25, 0.3) is 0 Å². The monoisotopic (exact) mass is 247 g/mol. The minimum Gasteiger partial charge on any atom is -0.355 e. The highest BCUT2D eigenvalue weighted by atomic mass is 16.1. The first kappa shape index (κ1) is 11.3. The van der Waals surface area contributed by atoms with E-state index in [-0.39, 0.29) is 5.69 Å². The second-order valence-corrected chi connectivity index (χ2v) is 4.79. The van der Waals surface area contributed by atoms with Gasteiger partial charge in [-0.3, -0.25) is 4.57 Å². The van der Waals surface area contributed by atoms with Crippen molar-refractivity contribution in [2.45, 2.75) is 25.7 Å². The van der Waals surface area contributed by atoms with Crippen molar-refractivity contribution >= 4 is 17.0 Å². The summed E-state index contributed by atoms with van der Waals surface area (Å²) < 4.78 is 1.53. The molecule has 3 heterocycles. The number of fused-ring (bicyclic) bond motifs is 1. The molecule has 0 atom stereocenters. The molecule has 0 saturated carbocycles. The average Bonchev–Trinajstić information content (AvgIpc) is 2.61. The molecule has 1 fully saturated rings. The van der Waals surface area contributed by atoms with Crippen LogP contribution in [0.3, 0.4) is 0 Å². The molecule has 6 nitrogen and oxygen atoms in total. The zero-order valence-electron chi connectivity index (χ0n) is 10.5. The Morgan fingerprint density at radius 2 is 1.89 bits per heavy atom. The van der Waals surface area contributed by atoms with Gasteiger partial charge >= 0.3 is 5.69 Å². The van der Waals surface area contributed by atoms with Crippen molar-refractivity contribution in [1.82, 2.24) is 19.5 Å². The van der Waals surface area contributed by atoms with Crippen LogP contribution >= 0.6 is 0 Å². The van der Waals surface area contributed by atoms with Crippen LogP contribution in [0.2, 0.25) is 0 Å². The molecule has 3 rings (SSSR count). The first-order valence-corrected chi connectivity index (χ1v) is 6.42. The molecule has 96 valence electrons. The number of H-pyrrole nitrogens is 1. The smallest absolute Gasteiger partial charge is 0.327 e. The van der Waals surface area contributed by atoms with Crippen LogP contribution in [0, 0.1) is 0 Å². The predicted molar refractivity (Wildman–Crippen MR) is 69.8 cm³/mol. The summed E-state index contributed by atoms with van der Waals surface area (Å²) in [4.78, 5) is 25.3. The SMILES string of the molecule is Cn1c(=O)[nH]c2c(N3CCCCCC3)ncnc21. The normalized spacial score (nSPS) is 17.1. The van der Waals surface area contributed by atoms with Crippen LogP contribution in [0.1, 0.15) is 25.7 Å².